The van der Waals surface area contributed by atoms with E-state index >= 15 is 0 Å². The average Bonchev–Trinajstić information content (AvgIpc) is 2.57. The molecule has 124 valence electrons. The third kappa shape index (κ3) is 3.02. The van der Waals surface area contributed by atoms with E-state index in [0.717, 1.165) is 33.7 Å². The Morgan fingerprint density at radius 3 is 2.71 bits per heavy atom. The van der Waals surface area contributed by atoms with Crippen LogP contribution in [0.3, 0.4) is 0 Å². The van der Waals surface area contributed by atoms with Crippen LogP contribution in [0.1, 0.15) is 5.56 Å². The summed E-state index contributed by atoms with van der Waals surface area (Å²) >= 11 is 1.57. The largest absolute Gasteiger partial charge is 0.383 e. The van der Waals surface area contributed by atoms with Crippen molar-refractivity contribution in [1.82, 2.24) is 4.90 Å². The molecule has 1 aromatic heterocycles. The van der Waals surface area contributed by atoms with Gasteiger partial charge in [-0.15, -0.1) is 16.2 Å². The van der Waals surface area contributed by atoms with Gasteiger partial charge in [0.1, 0.15) is 5.69 Å². The molecule has 0 saturated carbocycles. The lowest BCUT2D eigenvalue weighted by Crippen LogP contribution is -2.21. The SMILES string of the molecule is Cc1ccc(NCCN(C)C)c2c(=O)c3cc(N=O)ccc3sc12. The van der Waals surface area contributed by atoms with Gasteiger partial charge < -0.3 is 10.2 Å². The van der Waals surface area contributed by atoms with Gasteiger partial charge in [0.05, 0.1) is 5.39 Å². The second-order valence-corrected chi connectivity index (χ2v) is 7.12. The quantitative estimate of drug-likeness (QED) is 0.561. The molecule has 0 amide bonds. The van der Waals surface area contributed by atoms with E-state index in [9.17, 15) is 9.70 Å². The molecule has 0 bridgehead atoms. The smallest absolute Gasteiger partial charge is 0.198 e. The van der Waals surface area contributed by atoms with Crippen molar-refractivity contribution in [2.24, 2.45) is 5.18 Å². The molecule has 0 fully saturated rings. The molecule has 6 heteroatoms. The highest BCUT2D eigenvalue weighted by molar-refractivity contribution is 7.24. The predicted molar refractivity (Wildman–Crippen MR) is 103 cm³/mol. The van der Waals surface area contributed by atoms with Crippen molar-refractivity contribution in [1.29, 1.82) is 0 Å². The van der Waals surface area contributed by atoms with Crippen molar-refractivity contribution >= 4 is 42.9 Å². The van der Waals surface area contributed by atoms with E-state index in [2.05, 4.69) is 15.4 Å². The molecule has 0 aliphatic rings. The molecule has 0 aliphatic heterocycles. The average molecular weight is 341 g/mol. The summed E-state index contributed by atoms with van der Waals surface area (Å²) in [6.07, 6.45) is 0. The maximum atomic E-state index is 13.0. The Labute approximate surface area is 143 Å². The van der Waals surface area contributed by atoms with E-state index in [-0.39, 0.29) is 11.1 Å². The van der Waals surface area contributed by atoms with E-state index in [1.807, 2.05) is 33.2 Å². The van der Waals surface area contributed by atoms with E-state index < -0.39 is 0 Å². The second-order valence-electron chi connectivity index (χ2n) is 6.07. The molecule has 0 atom stereocenters. The zero-order chi connectivity index (χ0) is 17.3. The number of aryl methyl sites for hydroxylation is 1. The Morgan fingerprint density at radius 1 is 1.21 bits per heavy atom. The molecule has 0 spiro atoms. The lowest BCUT2D eigenvalue weighted by atomic mass is 10.1. The number of likely N-dealkylation sites (N-methyl/N-ethyl adjacent to an activating group) is 1. The fourth-order valence-corrected chi connectivity index (χ4v) is 3.84. The normalized spacial score (nSPS) is 11.3. The highest BCUT2D eigenvalue weighted by Crippen LogP contribution is 2.32. The van der Waals surface area contributed by atoms with Gasteiger partial charge in [-0.05, 0) is 56.0 Å². The van der Waals surface area contributed by atoms with Crippen LogP contribution in [-0.2, 0) is 0 Å². The molecule has 24 heavy (non-hydrogen) atoms. The molecule has 0 aliphatic carbocycles. The first-order valence-electron chi connectivity index (χ1n) is 7.73. The summed E-state index contributed by atoms with van der Waals surface area (Å²) in [5.41, 5.74) is 2.14. The van der Waals surface area contributed by atoms with Crippen molar-refractivity contribution in [2.45, 2.75) is 6.92 Å². The molecule has 3 aromatic rings. The second kappa shape index (κ2) is 6.67. The molecular weight excluding hydrogens is 322 g/mol. The van der Waals surface area contributed by atoms with Crippen molar-refractivity contribution in [3.8, 4) is 0 Å². The van der Waals surface area contributed by atoms with Gasteiger partial charge in [0.2, 0.25) is 0 Å². The van der Waals surface area contributed by atoms with Gasteiger partial charge >= 0.3 is 0 Å². The number of hydrogen-bond acceptors (Lipinski definition) is 6. The van der Waals surface area contributed by atoms with Crippen LogP contribution in [0.25, 0.3) is 20.2 Å². The third-order valence-electron chi connectivity index (χ3n) is 3.98. The maximum Gasteiger partial charge on any atom is 0.198 e. The van der Waals surface area contributed by atoms with Gasteiger partial charge in [-0.2, -0.15) is 0 Å². The number of anilines is 1. The number of hydrogen-bond donors (Lipinski definition) is 1. The zero-order valence-corrected chi connectivity index (χ0v) is 14.7. The molecular formula is C18H19N3O2S. The number of nitrogens with one attached hydrogen (secondary N) is 1. The van der Waals surface area contributed by atoms with Gasteiger partial charge in [0.15, 0.2) is 5.43 Å². The first-order chi connectivity index (χ1) is 11.5. The number of nitroso groups, excluding NO2 is 1. The number of fused-ring (bicyclic) bond motifs is 2. The standard InChI is InChI=1S/C18H19N3O2S/c1-11-4-6-14(19-8-9-21(2)3)16-17(22)13-10-12(20-23)5-7-15(13)24-18(11)16/h4-7,10,19H,8-9H2,1-3H3. The predicted octanol–water partition coefficient (Wildman–Crippen LogP) is 4.09. The van der Waals surface area contributed by atoms with Crippen LogP contribution in [0.4, 0.5) is 11.4 Å². The number of rotatable bonds is 5. The van der Waals surface area contributed by atoms with Crippen molar-refractivity contribution < 1.29 is 0 Å². The summed E-state index contributed by atoms with van der Waals surface area (Å²) < 4.78 is 1.85. The lowest BCUT2D eigenvalue weighted by molar-refractivity contribution is 0.425. The van der Waals surface area contributed by atoms with Gasteiger partial charge in [-0.3, -0.25) is 4.79 Å². The van der Waals surface area contributed by atoms with E-state index in [0.29, 0.717) is 10.8 Å². The fourth-order valence-electron chi connectivity index (χ4n) is 2.69. The summed E-state index contributed by atoms with van der Waals surface area (Å²) in [7, 11) is 4.02. The van der Waals surface area contributed by atoms with Crippen LogP contribution in [-0.4, -0.2) is 32.1 Å². The molecule has 5 nitrogen and oxygen atoms in total. The van der Waals surface area contributed by atoms with Crippen LogP contribution >= 0.6 is 11.3 Å². The molecule has 2 aromatic carbocycles. The highest BCUT2D eigenvalue weighted by Gasteiger charge is 2.12. The number of benzene rings is 2. The van der Waals surface area contributed by atoms with E-state index in [1.54, 1.807) is 29.5 Å². The molecule has 1 N–H and O–H groups in total. The monoisotopic (exact) mass is 341 g/mol. The Morgan fingerprint density at radius 2 is 2.00 bits per heavy atom. The highest BCUT2D eigenvalue weighted by atomic mass is 32.1. The summed E-state index contributed by atoms with van der Waals surface area (Å²) in [6.45, 7) is 3.64. The van der Waals surface area contributed by atoms with Crippen LogP contribution in [0.2, 0.25) is 0 Å². The molecule has 1 heterocycles. The first kappa shape index (κ1) is 16.5. The van der Waals surface area contributed by atoms with Crippen LogP contribution in [0.5, 0.6) is 0 Å². The van der Waals surface area contributed by atoms with Crippen molar-refractivity contribution in [3.05, 3.63) is 51.0 Å². The fraction of sp³-hybridized carbons (Fsp3) is 0.278. The summed E-state index contributed by atoms with van der Waals surface area (Å²) in [5.74, 6) is 0. The van der Waals surface area contributed by atoms with Crippen LogP contribution < -0.4 is 10.7 Å². The van der Waals surface area contributed by atoms with Gasteiger partial charge in [0, 0.05) is 33.6 Å². The summed E-state index contributed by atoms with van der Waals surface area (Å²) in [5, 5.41) is 7.54. The van der Waals surface area contributed by atoms with Gasteiger partial charge in [-0.25, -0.2) is 0 Å². The zero-order valence-electron chi connectivity index (χ0n) is 13.9. The van der Waals surface area contributed by atoms with Crippen LogP contribution in [0, 0.1) is 11.8 Å². The van der Waals surface area contributed by atoms with Crippen molar-refractivity contribution in [2.75, 3.05) is 32.5 Å². The Kier molecular flexibility index (Phi) is 4.59. The van der Waals surface area contributed by atoms with Crippen molar-refractivity contribution in [3.63, 3.8) is 0 Å². The molecule has 0 unspecified atom stereocenters. The first-order valence-corrected chi connectivity index (χ1v) is 8.55. The summed E-state index contributed by atoms with van der Waals surface area (Å²) in [4.78, 5) is 25.9. The van der Waals surface area contributed by atoms with E-state index in [4.69, 9.17) is 0 Å². The van der Waals surface area contributed by atoms with Gasteiger partial charge in [0.25, 0.3) is 0 Å². The minimum atomic E-state index is -0.0553. The summed E-state index contributed by atoms with van der Waals surface area (Å²) in [6, 6.07) is 9.00. The third-order valence-corrected chi connectivity index (χ3v) is 5.29. The topological polar surface area (TPSA) is 61.8 Å². The minimum absolute atomic E-state index is 0.0553. The lowest BCUT2D eigenvalue weighted by Gasteiger charge is -2.14. The number of nitrogens with zero attached hydrogens (tertiary/aromatic N) is 2. The Balaban J connectivity index is 2.23. The van der Waals surface area contributed by atoms with Crippen LogP contribution in [0.15, 0.2) is 40.3 Å². The Hall–Kier alpha value is -2.31. The Bertz CT molecular complexity index is 979. The van der Waals surface area contributed by atoms with Gasteiger partial charge in [-0.1, -0.05) is 6.07 Å². The molecule has 0 saturated heterocycles. The molecule has 3 rings (SSSR count). The minimum Gasteiger partial charge on any atom is -0.383 e. The van der Waals surface area contributed by atoms with E-state index in [1.165, 1.54) is 0 Å². The maximum absolute atomic E-state index is 13.0. The molecule has 0 radical (unpaired) electrons.